The Hall–Kier alpha value is -3.06. The third-order valence-corrected chi connectivity index (χ3v) is 11.0. The minimum absolute atomic E-state index is 0.00687. The van der Waals surface area contributed by atoms with Crippen LogP contribution < -0.4 is 0 Å². The third-order valence-electron chi connectivity index (χ3n) is 9.02. The summed E-state index contributed by atoms with van der Waals surface area (Å²) in [5, 5.41) is 18.9. The lowest BCUT2D eigenvalue weighted by atomic mass is 9.82. The van der Waals surface area contributed by atoms with Crippen LogP contribution in [0.3, 0.4) is 0 Å². The molecule has 2 atom stereocenters. The molecule has 1 aliphatic carbocycles. The summed E-state index contributed by atoms with van der Waals surface area (Å²) in [6, 6.07) is 14.9. The molecule has 2 heterocycles. The normalized spacial score (nSPS) is 20.0. The average molecular weight is 839 g/mol. The van der Waals surface area contributed by atoms with Crippen LogP contribution in [0.5, 0.6) is 0 Å². The number of rotatable bonds is 13. The summed E-state index contributed by atoms with van der Waals surface area (Å²) >= 11 is 19.4. The van der Waals surface area contributed by atoms with E-state index in [1.54, 1.807) is 6.08 Å². The van der Waals surface area contributed by atoms with E-state index in [0.717, 1.165) is 23.3 Å². The fourth-order valence-electron chi connectivity index (χ4n) is 5.96. The number of halogens is 3. The smallest absolute Gasteiger partial charge is 0.254 e. The van der Waals surface area contributed by atoms with Crippen LogP contribution in [0.2, 0.25) is 10.0 Å². The number of allylic oxidation sites excluding steroid dienone is 2. The number of carbonyl (C=O) groups excluding carboxylic acids is 3. The number of hydrogen-bond acceptors (Lipinski definition) is 9. The number of hydrogen-bond donors (Lipinski definition) is 1. The highest BCUT2D eigenvalue weighted by molar-refractivity contribution is 7.99. The van der Waals surface area contributed by atoms with Crippen LogP contribution in [-0.2, 0) is 42.0 Å². The van der Waals surface area contributed by atoms with E-state index in [1.807, 2.05) is 94.9 Å². The van der Waals surface area contributed by atoms with Gasteiger partial charge in [0.25, 0.3) is 11.8 Å². The van der Waals surface area contributed by atoms with Crippen molar-refractivity contribution < 1.29 is 34.0 Å². The minimum Gasteiger partial charge on any atom is -0.511 e. The lowest BCUT2D eigenvalue weighted by Gasteiger charge is -2.25. The van der Waals surface area contributed by atoms with Gasteiger partial charge in [0.1, 0.15) is 12.4 Å². The molecule has 3 aliphatic rings. The Morgan fingerprint density at radius 1 is 0.927 bits per heavy atom. The van der Waals surface area contributed by atoms with E-state index in [1.165, 1.54) is 15.7 Å². The molecule has 10 nitrogen and oxygen atoms in total. The molecular formula is C41H54Cl3N3O7S. The molecule has 2 fully saturated rings. The summed E-state index contributed by atoms with van der Waals surface area (Å²) in [5.74, 6) is 1.40. The van der Waals surface area contributed by atoms with Gasteiger partial charge in [0.05, 0.1) is 48.4 Å². The second-order valence-electron chi connectivity index (χ2n) is 14.8. The highest BCUT2D eigenvalue weighted by Crippen LogP contribution is 2.33. The molecular weight excluding hydrogens is 785 g/mol. The SMILES string of the molecule is CC1(C)CON(Cc2ccccc2Cl)C1=O.CC1(C)CON(Cc2ccccc2Cl)C1=O.CCSC(C)CC1CC(=O)C(/C(CC)=N/OC/C=C/Cl)=C(O)C1. The zero-order chi connectivity index (χ0) is 40.8. The van der Waals surface area contributed by atoms with Crippen molar-refractivity contribution in [3.05, 3.63) is 92.6 Å². The van der Waals surface area contributed by atoms with E-state index in [9.17, 15) is 19.5 Å². The van der Waals surface area contributed by atoms with Gasteiger partial charge in [-0.2, -0.15) is 11.8 Å². The van der Waals surface area contributed by atoms with Gasteiger partial charge in [0.15, 0.2) is 5.78 Å². The molecule has 2 unspecified atom stereocenters. The lowest BCUT2D eigenvalue weighted by Crippen LogP contribution is -2.30. The minimum atomic E-state index is -0.429. The van der Waals surface area contributed by atoms with E-state index in [0.29, 0.717) is 72.1 Å². The van der Waals surface area contributed by atoms with Crippen molar-refractivity contribution in [3.63, 3.8) is 0 Å². The van der Waals surface area contributed by atoms with E-state index >= 15 is 0 Å². The van der Waals surface area contributed by atoms with Gasteiger partial charge in [-0.1, -0.05) is 97.1 Å². The quantitative estimate of drug-likeness (QED) is 0.120. The number of oxime groups is 1. The molecule has 14 heteroatoms. The predicted octanol–water partition coefficient (Wildman–Crippen LogP) is 10.1. The van der Waals surface area contributed by atoms with Crippen LogP contribution in [-0.4, -0.2) is 69.4 Å². The third kappa shape index (κ3) is 13.8. The summed E-state index contributed by atoms with van der Waals surface area (Å²) in [4.78, 5) is 52.1. The van der Waals surface area contributed by atoms with Gasteiger partial charge >= 0.3 is 0 Å². The van der Waals surface area contributed by atoms with Crippen LogP contribution in [0.4, 0.5) is 0 Å². The van der Waals surface area contributed by atoms with Crippen molar-refractivity contribution in [3.8, 4) is 0 Å². The van der Waals surface area contributed by atoms with Crippen LogP contribution in [0.25, 0.3) is 0 Å². The number of carbonyl (C=O) groups is 3. The van der Waals surface area contributed by atoms with Crippen molar-refractivity contribution in [1.29, 1.82) is 0 Å². The molecule has 5 rings (SSSR count). The molecule has 0 saturated carbocycles. The topological polar surface area (TPSA) is 118 Å². The molecule has 2 amide bonds. The van der Waals surface area contributed by atoms with Crippen LogP contribution in [0.1, 0.15) is 85.3 Å². The molecule has 0 spiro atoms. The van der Waals surface area contributed by atoms with Gasteiger partial charge in [-0.3, -0.25) is 24.1 Å². The van der Waals surface area contributed by atoms with E-state index < -0.39 is 10.8 Å². The first-order valence-electron chi connectivity index (χ1n) is 18.4. The average Bonchev–Trinajstić information content (AvgIpc) is 3.54. The van der Waals surface area contributed by atoms with Crippen LogP contribution >= 0.6 is 46.6 Å². The number of thioether (sulfide) groups is 1. The van der Waals surface area contributed by atoms with E-state index in [-0.39, 0.29) is 35.9 Å². The first-order chi connectivity index (χ1) is 26.0. The summed E-state index contributed by atoms with van der Waals surface area (Å²) in [6.07, 6.45) is 4.09. The van der Waals surface area contributed by atoms with E-state index in [4.69, 9.17) is 49.3 Å². The fourth-order valence-corrected chi connectivity index (χ4v) is 7.40. The predicted molar refractivity (Wildman–Crippen MR) is 222 cm³/mol. The number of benzene rings is 2. The number of aliphatic hydroxyl groups is 1. The number of nitrogens with zero attached hydrogens (tertiary/aromatic N) is 3. The molecule has 302 valence electrons. The zero-order valence-corrected chi connectivity index (χ0v) is 35.9. The summed E-state index contributed by atoms with van der Waals surface area (Å²) < 4.78 is 0. The Balaban J connectivity index is 0.000000227. The summed E-state index contributed by atoms with van der Waals surface area (Å²) in [6.45, 7) is 15.6. The Morgan fingerprint density at radius 2 is 1.44 bits per heavy atom. The monoisotopic (exact) mass is 837 g/mol. The molecule has 55 heavy (non-hydrogen) atoms. The van der Waals surface area contributed by atoms with Gasteiger partial charge in [0.2, 0.25) is 0 Å². The van der Waals surface area contributed by atoms with Gasteiger partial charge in [-0.05, 0) is 81.5 Å². The second kappa shape index (κ2) is 22.0. The first kappa shape index (κ1) is 46.3. The molecule has 0 bridgehead atoms. The molecule has 2 aromatic carbocycles. The van der Waals surface area contributed by atoms with Crippen molar-refractivity contribution in [2.24, 2.45) is 21.9 Å². The number of ketones is 1. The Bertz CT molecular complexity index is 1640. The van der Waals surface area contributed by atoms with E-state index in [2.05, 4.69) is 19.0 Å². The van der Waals surface area contributed by atoms with Gasteiger partial charge < -0.3 is 9.94 Å². The maximum absolute atomic E-state index is 12.4. The van der Waals surface area contributed by atoms with Gasteiger partial charge in [-0.15, -0.1) is 0 Å². The Morgan fingerprint density at radius 3 is 1.84 bits per heavy atom. The van der Waals surface area contributed by atoms with Crippen molar-refractivity contribution in [2.45, 2.75) is 92.5 Å². The van der Waals surface area contributed by atoms with Crippen molar-refractivity contribution in [1.82, 2.24) is 10.1 Å². The van der Waals surface area contributed by atoms with Crippen LogP contribution in [0, 0.1) is 16.7 Å². The van der Waals surface area contributed by atoms with Crippen LogP contribution in [0.15, 0.2) is 76.6 Å². The molecule has 2 aliphatic heterocycles. The molecule has 2 saturated heterocycles. The second-order valence-corrected chi connectivity index (χ2v) is 17.5. The number of Topliss-reactive ketones (excluding diaryl/α,β-unsaturated/α-hetero) is 1. The maximum atomic E-state index is 12.4. The Labute approximate surface area is 345 Å². The molecule has 0 radical (unpaired) electrons. The lowest BCUT2D eigenvalue weighted by molar-refractivity contribution is -0.165. The summed E-state index contributed by atoms with van der Waals surface area (Å²) in [7, 11) is 0. The molecule has 1 N–H and O–H groups in total. The number of hydroxylamine groups is 4. The largest absolute Gasteiger partial charge is 0.511 e. The standard InChI is InChI=1S/C17H26ClNO3S.2C12H14ClNO2/c1-4-14(19-22-8-6-7-18)17-15(20)10-13(11-16(17)21)9-12(3)23-5-2;2*1-12(2)8-16-14(11(12)15)7-9-5-3-4-6-10(9)13/h6-7,12-13,20H,4-5,8-11H2,1-3H3;2*3-6H,7-8H2,1-2H3/b7-6+,19-14+;;. The van der Waals surface area contributed by atoms with Crippen molar-refractivity contribution >= 4 is 69.9 Å². The molecule has 0 aromatic heterocycles. The zero-order valence-electron chi connectivity index (χ0n) is 32.8. The molecule has 2 aromatic rings. The fraction of sp³-hybridized carbons (Fsp3) is 0.512. The highest BCUT2D eigenvalue weighted by atomic mass is 35.5. The number of amides is 2. The Kier molecular flexibility index (Phi) is 18.6. The highest BCUT2D eigenvalue weighted by Gasteiger charge is 2.41. The maximum Gasteiger partial charge on any atom is 0.254 e. The van der Waals surface area contributed by atoms with Gasteiger partial charge in [-0.25, -0.2) is 10.1 Å². The summed E-state index contributed by atoms with van der Waals surface area (Å²) in [5.41, 5.74) is 3.14. The van der Waals surface area contributed by atoms with Crippen molar-refractivity contribution in [2.75, 3.05) is 25.6 Å². The van der Waals surface area contributed by atoms with Gasteiger partial charge in [0, 0.05) is 33.7 Å². The first-order valence-corrected chi connectivity index (χ1v) is 20.7. The number of aliphatic hydroxyl groups excluding tert-OH is 1.